The first-order valence-electron chi connectivity index (χ1n) is 6.88. The summed E-state index contributed by atoms with van der Waals surface area (Å²) in [4.78, 5) is 0. The van der Waals surface area contributed by atoms with E-state index in [2.05, 4.69) is 0 Å². The largest absolute Gasteiger partial charge is 0.417 e. The van der Waals surface area contributed by atoms with Gasteiger partial charge < -0.3 is 9.67 Å². The maximum Gasteiger partial charge on any atom is 0.417 e. The van der Waals surface area contributed by atoms with Crippen molar-refractivity contribution in [3.8, 4) is 0 Å². The van der Waals surface area contributed by atoms with E-state index < -0.39 is 17.8 Å². The fraction of sp³-hybridized carbons (Fsp3) is 0.375. The van der Waals surface area contributed by atoms with Crippen LogP contribution in [0.3, 0.4) is 0 Å². The van der Waals surface area contributed by atoms with Crippen LogP contribution in [-0.4, -0.2) is 9.67 Å². The molecule has 2 rings (SSSR count). The molecule has 2 aromatic rings. The van der Waals surface area contributed by atoms with Crippen LogP contribution in [0.25, 0.3) is 0 Å². The Morgan fingerprint density at radius 3 is 2.50 bits per heavy atom. The Bertz CT molecular complexity index is 649. The summed E-state index contributed by atoms with van der Waals surface area (Å²) in [5.41, 5.74) is 0.416. The second kappa shape index (κ2) is 6.34. The van der Waals surface area contributed by atoms with E-state index >= 15 is 0 Å². The second-order valence-electron chi connectivity index (χ2n) is 5.62. The van der Waals surface area contributed by atoms with Crippen molar-refractivity contribution in [1.82, 2.24) is 4.57 Å². The van der Waals surface area contributed by atoms with Gasteiger partial charge in [-0.25, -0.2) is 0 Å². The van der Waals surface area contributed by atoms with Crippen LogP contribution in [0, 0.1) is 5.92 Å². The Labute approximate surface area is 132 Å². The smallest absolute Gasteiger partial charge is 0.388 e. The molecule has 0 aliphatic carbocycles. The first kappa shape index (κ1) is 16.9. The van der Waals surface area contributed by atoms with E-state index in [0.29, 0.717) is 5.56 Å². The van der Waals surface area contributed by atoms with Crippen LogP contribution >= 0.6 is 11.6 Å². The molecule has 1 aromatic heterocycles. The molecule has 0 aliphatic heterocycles. The van der Waals surface area contributed by atoms with E-state index in [1.807, 2.05) is 13.8 Å². The number of aliphatic hydroxyl groups excluding tert-OH is 1. The number of hydrogen-bond acceptors (Lipinski definition) is 1. The summed E-state index contributed by atoms with van der Waals surface area (Å²) in [5.74, 6) is 0.0724. The third-order valence-electron chi connectivity index (χ3n) is 3.45. The normalized spacial score (nSPS) is 13.6. The van der Waals surface area contributed by atoms with Gasteiger partial charge in [-0.1, -0.05) is 31.5 Å². The molecule has 1 atom stereocenters. The van der Waals surface area contributed by atoms with Crippen LogP contribution in [0.5, 0.6) is 0 Å². The van der Waals surface area contributed by atoms with Crippen molar-refractivity contribution in [2.24, 2.45) is 5.92 Å². The lowest BCUT2D eigenvalue weighted by molar-refractivity contribution is -0.137. The van der Waals surface area contributed by atoms with Crippen LogP contribution in [0.4, 0.5) is 13.2 Å². The van der Waals surface area contributed by atoms with Gasteiger partial charge >= 0.3 is 6.18 Å². The molecule has 0 bridgehead atoms. The molecule has 0 saturated heterocycles. The molecular weight excluding hydrogens is 315 g/mol. The molecule has 0 radical (unpaired) electrons. The molecule has 2 nitrogen and oxygen atoms in total. The third kappa shape index (κ3) is 3.84. The Hall–Kier alpha value is -1.46. The minimum absolute atomic E-state index is 0.0724. The number of aromatic nitrogens is 1. The molecule has 1 aromatic carbocycles. The molecule has 0 saturated carbocycles. The van der Waals surface area contributed by atoms with Gasteiger partial charge in [0.25, 0.3) is 0 Å². The van der Waals surface area contributed by atoms with Gasteiger partial charge in [0.1, 0.15) is 0 Å². The molecular formula is C16H17ClF3NO. The molecule has 1 unspecified atom stereocenters. The average Bonchev–Trinajstić information content (AvgIpc) is 2.87. The Balaban J connectivity index is 2.21. The zero-order chi connectivity index (χ0) is 16.5. The van der Waals surface area contributed by atoms with Crippen molar-refractivity contribution in [3.63, 3.8) is 0 Å². The summed E-state index contributed by atoms with van der Waals surface area (Å²) in [6, 6.07) is 5.65. The van der Waals surface area contributed by atoms with Crippen molar-refractivity contribution in [2.45, 2.75) is 32.7 Å². The van der Waals surface area contributed by atoms with Gasteiger partial charge in [-0.15, -0.1) is 0 Å². The lowest BCUT2D eigenvalue weighted by Crippen LogP contribution is -2.08. The molecule has 0 fully saturated rings. The van der Waals surface area contributed by atoms with Crippen LogP contribution in [0.15, 0.2) is 36.7 Å². The molecule has 6 heteroatoms. The molecule has 1 N–H and O–H groups in total. The Kier molecular flexibility index (Phi) is 4.87. The first-order valence-corrected chi connectivity index (χ1v) is 7.25. The van der Waals surface area contributed by atoms with Gasteiger partial charge in [0, 0.05) is 18.9 Å². The van der Waals surface area contributed by atoms with Gasteiger partial charge in [0.15, 0.2) is 0 Å². The summed E-state index contributed by atoms with van der Waals surface area (Å²) in [6.07, 6.45) is -1.57. The topological polar surface area (TPSA) is 25.2 Å². The first-order chi connectivity index (χ1) is 10.2. The van der Waals surface area contributed by atoms with Crippen LogP contribution in [0.2, 0.25) is 5.02 Å². The molecule has 0 spiro atoms. The molecule has 22 heavy (non-hydrogen) atoms. The molecule has 0 aliphatic rings. The zero-order valence-electron chi connectivity index (χ0n) is 12.2. The summed E-state index contributed by atoms with van der Waals surface area (Å²) in [6.45, 7) is 4.08. The second-order valence-corrected chi connectivity index (χ2v) is 6.03. The maximum absolute atomic E-state index is 12.8. The van der Waals surface area contributed by atoms with Crippen molar-refractivity contribution < 1.29 is 18.3 Å². The van der Waals surface area contributed by atoms with E-state index in [-0.39, 0.29) is 17.5 Å². The fourth-order valence-corrected chi connectivity index (χ4v) is 2.44. The minimum atomic E-state index is -4.47. The van der Waals surface area contributed by atoms with Crippen LogP contribution < -0.4 is 0 Å². The monoisotopic (exact) mass is 331 g/mol. The minimum Gasteiger partial charge on any atom is -0.388 e. The van der Waals surface area contributed by atoms with E-state index in [1.54, 1.807) is 29.1 Å². The van der Waals surface area contributed by atoms with Gasteiger partial charge in [0.05, 0.1) is 16.7 Å². The van der Waals surface area contributed by atoms with Crippen molar-refractivity contribution in [2.75, 3.05) is 0 Å². The highest BCUT2D eigenvalue weighted by atomic mass is 35.5. The molecule has 0 amide bonds. The highest BCUT2D eigenvalue weighted by Crippen LogP contribution is 2.35. The fourth-order valence-electron chi connectivity index (χ4n) is 2.22. The summed E-state index contributed by atoms with van der Waals surface area (Å²) >= 11 is 5.60. The van der Waals surface area contributed by atoms with Crippen molar-refractivity contribution in [3.05, 3.63) is 58.4 Å². The number of benzene rings is 1. The highest BCUT2D eigenvalue weighted by molar-refractivity contribution is 6.31. The SMILES string of the molecule is CC(C)C(O)c1ccn(Cc2ccc(Cl)c(C(F)(F)F)c2)c1. The number of aliphatic hydroxyl groups is 1. The van der Waals surface area contributed by atoms with Crippen LogP contribution in [0.1, 0.15) is 36.6 Å². The number of alkyl halides is 3. The summed E-state index contributed by atoms with van der Waals surface area (Å²) in [5, 5.41) is 9.68. The predicted molar refractivity (Wildman–Crippen MR) is 79.8 cm³/mol. The van der Waals surface area contributed by atoms with Gasteiger partial charge in [-0.05, 0) is 35.2 Å². The van der Waals surface area contributed by atoms with Gasteiger partial charge in [-0.3, -0.25) is 0 Å². The number of halogens is 4. The summed E-state index contributed by atoms with van der Waals surface area (Å²) in [7, 11) is 0. The van der Waals surface area contributed by atoms with Crippen LogP contribution in [-0.2, 0) is 12.7 Å². The zero-order valence-corrected chi connectivity index (χ0v) is 13.0. The Morgan fingerprint density at radius 2 is 1.91 bits per heavy atom. The van der Waals surface area contributed by atoms with E-state index in [4.69, 9.17) is 11.6 Å². The van der Waals surface area contributed by atoms with Crippen molar-refractivity contribution in [1.29, 1.82) is 0 Å². The quantitative estimate of drug-likeness (QED) is 0.847. The third-order valence-corrected chi connectivity index (χ3v) is 3.78. The van der Waals surface area contributed by atoms with Crippen molar-refractivity contribution >= 4 is 11.6 Å². The standard InChI is InChI=1S/C16H17ClF3NO/c1-10(2)15(22)12-5-6-21(9-12)8-11-3-4-14(17)13(7-11)16(18,19)20/h3-7,9-10,15,22H,8H2,1-2H3. The van der Waals surface area contributed by atoms with Gasteiger partial charge in [0.2, 0.25) is 0 Å². The van der Waals surface area contributed by atoms with E-state index in [0.717, 1.165) is 11.6 Å². The number of nitrogens with zero attached hydrogens (tertiary/aromatic N) is 1. The Morgan fingerprint density at radius 1 is 1.23 bits per heavy atom. The number of hydrogen-bond donors (Lipinski definition) is 1. The van der Waals surface area contributed by atoms with E-state index in [9.17, 15) is 18.3 Å². The lowest BCUT2D eigenvalue weighted by Gasteiger charge is -2.13. The molecule has 120 valence electrons. The average molecular weight is 332 g/mol. The van der Waals surface area contributed by atoms with E-state index in [1.165, 1.54) is 6.07 Å². The number of rotatable bonds is 4. The van der Waals surface area contributed by atoms with Gasteiger partial charge in [-0.2, -0.15) is 13.2 Å². The lowest BCUT2D eigenvalue weighted by atomic mass is 10.0. The molecule has 1 heterocycles. The predicted octanol–water partition coefficient (Wildman–Crippen LogP) is 4.90. The maximum atomic E-state index is 12.8. The highest BCUT2D eigenvalue weighted by Gasteiger charge is 2.33. The summed E-state index contributed by atoms with van der Waals surface area (Å²) < 4.78 is 40.3.